The fourth-order valence-corrected chi connectivity index (χ4v) is 1.89. The molecule has 1 aromatic rings. The molecular weight excluding hydrogens is 211 g/mol. The highest BCUT2D eigenvalue weighted by Gasteiger charge is 2.20. The Balaban J connectivity index is 2.40. The largest absolute Gasteiger partial charge is 0.505 e. The molecule has 1 aromatic carbocycles. The number of anilines is 1. The van der Waals surface area contributed by atoms with Crippen molar-refractivity contribution in [2.24, 2.45) is 0 Å². The maximum atomic E-state index is 13.5. The predicted molar refractivity (Wildman–Crippen MR) is 59.5 cm³/mol. The molecule has 0 unspecified atom stereocenters. The van der Waals surface area contributed by atoms with Crippen LogP contribution >= 0.6 is 0 Å². The molecule has 3 N–H and O–H groups in total. The lowest BCUT2D eigenvalue weighted by atomic mass is 10.1. The van der Waals surface area contributed by atoms with E-state index < -0.39 is 17.3 Å². The van der Waals surface area contributed by atoms with E-state index in [0.29, 0.717) is 11.3 Å². The van der Waals surface area contributed by atoms with E-state index in [1.807, 2.05) is 4.90 Å². The van der Waals surface area contributed by atoms with Crippen LogP contribution in [0.5, 0.6) is 11.5 Å². The lowest BCUT2D eigenvalue weighted by Crippen LogP contribution is -2.43. The van der Waals surface area contributed by atoms with E-state index >= 15 is 0 Å². The number of aromatic hydroxyl groups is 2. The van der Waals surface area contributed by atoms with Gasteiger partial charge in [-0.05, 0) is 18.6 Å². The normalized spacial score (nSPS) is 16.5. The number of phenolic OH excluding ortho intramolecular Hbond substituents is 2. The minimum Gasteiger partial charge on any atom is -0.505 e. The molecule has 0 radical (unpaired) electrons. The van der Waals surface area contributed by atoms with Gasteiger partial charge in [0.05, 0.1) is 5.69 Å². The molecule has 88 valence electrons. The SMILES string of the molecule is Cc1cc(N2CCNCC2)c(O)c(F)c1O. The van der Waals surface area contributed by atoms with Gasteiger partial charge in [0, 0.05) is 26.2 Å². The zero-order valence-corrected chi connectivity index (χ0v) is 9.13. The molecule has 1 saturated heterocycles. The van der Waals surface area contributed by atoms with Crippen LogP contribution in [0.15, 0.2) is 6.07 Å². The number of rotatable bonds is 1. The van der Waals surface area contributed by atoms with Crippen LogP contribution in [0.1, 0.15) is 5.56 Å². The van der Waals surface area contributed by atoms with Gasteiger partial charge < -0.3 is 20.4 Å². The number of nitrogens with one attached hydrogen (secondary N) is 1. The van der Waals surface area contributed by atoms with Gasteiger partial charge in [0.2, 0.25) is 5.82 Å². The summed E-state index contributed by atoms with van der Waals surface area (Å²) in [6.45, 7) is 4.67. The van der Waals surface area contributed by atoms with E-state index in [-0.39, 0.29) is 0 Å². The van der Waals surface area contributed by atoms with Crippen LogP contribution in [0.2, 0.25) is 0 Å². The van der Waals surface area contributed by atoms with Gasteiger partial charge in [-0.1, -0.05) is 0 Å². The lowest BCUT2D eigenvalue weighted by molar-refractivity contribution is 0.386. The van der Waals surface area contributed by atoms with Crippen molar-refractivity contribution in [3.05, 3.63) is 17.4 Å². The topological polar surface area (TPSA) is 55.7 Å². The maximum absolute atomic E-state index is 13.5. The van der Waals surface area contributed by atoms with Gasteiger partial charge in [0.25, 0.3) is 0 Å². The van der Waals surface area contributed by atoms with Crippen LogP contribution in [0.4, 0.5) is 10.1 Å². The van der Waals surface area contributed by atoms with Crippen molar-refractivity contribution in [1.29, 1.82) is 0 Å². The molecule has 1 aliphatic heterocycles. The number of nitrogens with zero attached hydrogens (tertiary/aromatic N) is 1. The van der Waals surface area contributed by atoms with Crippen LogP contribution in [-0.2, 0) is 0 Å². The summed E-state index contributed by atoms with van der Waals surface area (Å²) in [5.41, 5.74) is 0.887. The van der Waals surface area contributed by atoms with Gasteiger partial charge in [0.15, 0.2) is 11.5 Å². The van der Waals surface area contributed by atoms with Crippen molar-refractivity contribution in [3.63, 3.8) is 0 Å². The van der Waals surface area contributed by atoms with Gasteiger partial charge in [-0.25, -0.2) is 0 Å². The third-order valence-electron chi connectivity index (χ3n) is 2.84. The number of aryl methyl sites for hydroxylation is 1. The quantitative estimate of drug-likeness (QED) is 0.667. The third kappa shape index (κ3) is 1.78. The fraction of sp³-hybridized carbons (Fsp3) is 0.455. The Kier molecular flexibility index (Phi) is 2.87. The standard InChI is InChI=1S/C11H15FN2O2/c1-7-6-8(11(16)9(12)10(7)15)14-4-2-13-3-5-14/h6,13,15-16H,2-5H2,1H3. The number of halogens is 1. The summed E-state index contributed by atoms with van der Waals surface area (Å²) < 4.78 is 13.5. The summed E-state index contributed by atoms with van der Waals surface area (Å²) in [5, 5.41) is 22.2. The first-order chi connectivity index (χ1) is 7.61. The molecule has 0 amide bonds. The van der Waals surface area contributed by atoms with E-state index in [2.05, 4.69) is 5.32 Å². The van der Waals surface area contributed by atoms with Crippen LogP contribution in [0.3, 0.4) is 0 Å². The average molecular weight is 226 g/mol. The van der Waals surface area contributed by atoms with Gasteiger partial charge in [-0.15, -0.1) is 0 Å². The molecule has 4 nitrogen and oxygen atoms in total. The highest BCUT2D eigenvalue weighted by molar-refractivity contribution is 5.63. The first kappa shape index (κ1) is 11.0. The van der Waals surface area contributed by atoms with Gasteiger partial charge >= 0.3 is 0 Å². The molecule has 0 bridgehead atoms. The molecule has 5 heteroatoms. The average Bonchev–Trinajstić information content (AvgIpc) is 2.32. The second-order valence-corrected chi connectivity index (χ2v) is 3.96. The minimum atomic E-state index is -0.937. The van der Waals surface area contributed by atoms with Gasteiger partial charge in [-0.2, -0.15) is 4.39 Å². The summed E-state index contributed by atoms with van der Waals surface area (Å²) in [6.07, 6.45) is 0. The first-order valence-electron chi connectivity index (χ1n) is 5.28. The van der Waals surface area contributed by atoms with Gasteiger partial charge in [-0.3, -0.25) is 0 Å². The monoisotopic (exact) mass is 226 g/mol. The van der Waals surface area contributed by atoms with Crippen molar-refractivity contribution in [1.82, 2.24) is 5.32 Å². The number of phenols is 2. The third-order valence-corrected chi connectivity index (χ3v) is 2.84. The van der Waals surface area contributed by atoms with Crippen molar-refractivity contribution in [3.8, 4) is 11.5 Å². The Hall–Kier alpha value is -1.49. The Bertz CT molecular complexity index is 403. The second kappa shape index (κ2) is 4.17. The Morgan fingerprint density at radius 3 is 2.50 bits per heavy atom. The molecular formula is C11H15FN2O2. The molecule has 0 atom stereocenters. The Morgan fingerprint density at radius 2 is 1.88 bits per heavy atom. The Morgan fingerprint density at radius 1 is 1.25 bits per heavy atom. The van der Waals surface area contributed by atoms with E-state index in [9.17, 15) is 14.6 Å². The molecule has 16 heavy (non-hydrogen) atoms. The smallest absolute Gasteiger partial charge is 0.208 e. The van der Waals surface area contributed by atoms with Crippen molar-refractivity contribution in [2.75, 3.05) is 31.1 Å². The van der Waals surface area contributed by atoms with E-state index in [1.54, 1.807) is 13.0 Å². The Labute approximate surface area is 93.3 Å². The van der Waals surface area contributed by atoms with Crippen molar-refractivity contribution >= 4 is 5.69 Å². The highest BCUT2D eigenvalue weighted by Crippen LogP contribution is 2.37. The fourth-order valence-electron chi connectivity index (χ4n) is 1.89. The first-order valence-corrected chi connectivity index (χ1v) is 5.28. The lowest BCUT2D eigenvalue weighted by Gasteiger charge is -2.30. The van der Waals surface area contributed by atoms with Crippen LogP contribution in [-0.4, -0.2) is 36.4 Å². The summed E-state index contributed by atoms with van der Waals surface area (Å²) in [7, 11) is 0. The summed E-state index contributed by atoms with van der Waals surface area (Å²) in [5.74, 6) is -1.88. The summed E-state index contributed by atoms with van der Waals surface area (Å²) >= 11 is 0. The van der Waals surface area contributed by atoms with E-state index in [1.165, 1.54) is 0 Å². The number of hydrogen-bond acceptors (Lipinski definition) is 4. The molecule has 2 rings (SSSR count). The molecule has 1 heterocycles. The number of hydrogen-bond donors (Lipinski definition) is 3. The molecule has 0 spiro atoms. The maximum Gasteiger partial charge on any atom is 0.208 e. The molecule has 0 aromatic heterocycles. The number of piperazine rings is 1. The van der Waals surface area contributed by atoms with E-state index in [4.69, 9.17) is 0 Å². The molecule has 1 fully saturated rings. The minimum absolute atomic E-state index is 0.434. The van der Waals surface area contributed by atoms with Gasteiger partial charge in [0.1, 0.15) is 0 Å². The highest BCUT2D eigenvalue weighted by atomic mass is 19.1. The predicted octanol–water partition coefficient (Wildman–Crippen LogP) is 0.955. The molecule has 0 aliphatic carbocycles. The zero-order chi connectivity index (χ0) is 11.7. The summed E-state index contributed by atoms with van der Waals surface area (Å²) in [4.78, 5) is 1.90. The van der Waals surface area contributed by atoms with Crippen molar-refractivity contribution in [2.45, 2.75) is 6.92 Å². The zero-order valence-electron chi connectivity index (χ0n) is 9.13. The van der Waals surface area contributed by atoms with Crippen LogP contribution in [0.25, 0.3) is 0 Å². The van der Waals surface area contributed by atoms with Crippen LogP contribution < -0.4 is 10.2 Å². The molecule has 0 saturated carbocycles. The van der Waals surface area contributed by atoms with Crippen LogP contribution in [0, 0.1) is 12.7 Å². The van der Waals surface area contributed by atoms with E-state index in [0.717, 1.165) is 26.2 Å². The number of benzene rings is 1. The second-order valence-electron chi connectivity index (χ2n) is 3.96. The molecule has 1 aliphatic rings. The summed E-state index contributed by atoms with van der Waals surface area (Å²) in [6, 6.07) is 1.61. The van der Waals surface area contributed by atoms with Crippen molar-refractivity contribution < 1.29 is 14.6 Å².